The number of ether oxygens (including phenoxy) is 1. The largest absolute Gasteiger partial charge is 0.363 e. The van der Waals surface area contributed by atoms with Crippen LogP contribution in [0.2, 0.25) is 0 Å². The van der Waals surface area contributed by atoms with Crippen LogP contribution in [0.5, 0.6) is 0 Å². The average Bonchev–Trinajstić information content (AvgIpc) is 2.33. The zero-order valence-electron chi connectivity index (χ0n) is 10.7. The number of piperidine rings is 1. The van der Waals surface area contributed by atoms with Crippen LogP contribution < -0.4 is 5.32 Å². The Bertz CT molecular complexity index is 202. The first-order valence-corrected chi connectivity index (χ1v) is 6.88. The van der Waals surface area contributed by atoms with Crippen LogP contribution in [0.15, 0.2) is 0 Å². The number of rotatable bonds is 3. The van der Waals surface area contributed by atoms with E-state index in [1.165, 1.54) is 38.8 Å². The standard InChI is InChI=1S/C13H26N2O/c1-3-15-7-5-4-6-12(15)8-13-14-9-11(2)10-16-13/h11-14H,3-10H2,1-2H3. The topological polar surface area (TPSA) is 24.5 Å². The summed E-state index contributed by atoms with van der Waals surface area (Å²) >= 11 is 0. The summed E-state index contributed by atoms with van der Waals surface area (Å²) in [4.78, 5) is 2.62. The molecular formula is C13H26N2O. The maximum atomic E-state index is 5.85. The summed E-state index contributed by atoms with van der Waals surface area (Å²) in [5.41, 5.74) is 0. The molecule has 3 heteroatoms. The molecule has 2 heterocycles. The van der Waals surface area contributed by atoms with Gasteiger partial charge < -0.3 is 9.64 Å². The van der Waals surface area contributed by atoms with Gasteiger partial charge in [-0.3, -0.25) is 5.32 Å². The highest BCUT2D eigenvalue weighted by Crippen LogP contribution is 2.22. The van der Waals surface area contributed by atoms with Gasteiger partial charge in [-0.2, -0.15) is 0 Å². The molecule has 2 fully saturated rings. The van der Waals surface area contributed by atoms with E-state index in [2.05, 4.69) is 24.1 Å². The fourth-order valence-corrected chi connectivity index (χ4v) is 2.87. The van der Waals surface area contributed by atoms with E-state index in [9.17, 15) is 0 Å². The molecule has 16 heavy (non-hydrogen) atoms. The van der Waals surface area contributed by atoms with Gasteiger partial charge in [0.15, 0.2) is 0 Å². The van der Waals surface area contributed by atoms with Crippen LogP contribution in [-0.2, 0) is 4.74 Å². The number of nitrogens with one attached hydrogen (secondary N) is 1. The lowest BCUT2D eigenvalue weighted by Gasteiger charge is -2.38. The Kier molecular flexibility index (Phi) is 4.62. The maximum Gasteiger partial charge on any atom is 0.109 e. The van der Waals surface area contributed by atoms with Gasteiger partial charge in [0.1, 0.15) is 6.23 Å². The van der Waals surface area contributed by atoms with Gasteiger partial charge in [0.25, 0.3) is 0 Å². The van der Waals surface area contributed by atoms with Crippen molar-refractivity contribution in [1.29, 1.82) is 0 Å². The lowest BCUT2D eigenvalue weighted by Crippen LogP contribution is -2.48. The highest BCUT2D eigenvalue weighted by atomic mass is 16.5. The van der Waals surface area contributed by atoms with Crippen molar-refractivity contribution in [2.45, 2.75) is 51.8 Å². The molecule has 0 aliphatic carbocycles. The molecule has 2 aliphatic heterocycles. The molecule has 0 aromatic carbocycles. The zero-order chi connectivity index (χ0) is 11.4. The molecule has 0 bridgehead atoms. The van der Waals surface area contributed by atoms with E-state index in [-0.39, 0.29) is 0 Å². The molecule has 3 atom stereocenters. The van der Waals surface area contributed by atoms with Gasteiger partial charge in [0, 0.05) is 19.0 Å². The minimum absolute atomic E-state index is 0.299. The molecule has 1 N–H and O–H groups in total. The van der Waals surface area contributed by atoms with E-state index < -0.39 is 0 Å². The van der Waals surface area contributed by atoms with Crippen LogP contribution in [-0.4, -0.2) is 43.4 Å². The summed E-state index contributed by atoms with van der Waals surface area (Å²) < 4.78 is 5.85. The van der Waals surface area contributed by atoms with Gasteiger partial charge in [-0.25, -0.2) is 0 Å². The summed E-state index contributed by atoms with van der Waals surface area (Å²) in [6.07, 6.45) is 5.59. The van der Waals surface area contributed by atoms with Crippen LogP contribution in [0.3, 0.4) is 0 Å². The third-order valence-corrected chi connectivity index (χ3v) is 3.92. The van der Waals surface area contributed by atoms with Crippen molar-refractivity contribution in [3.63, 3.8) is 0 Å². The third kappa shape index (κ3) is 3.19. The van der Waals surface area contributed by atoms with Gasteiger partial charge in [-0.1, -0.05) is 20.3 Å². The Balaban J connectivity index is 1.78. The van der Waals surface area contributed by atoms with Crippen molar-refractivity contribution >= 4 is 0 Å². The molecule has 0 aromatic rings. The summed E-state index contributed by atoms with van der Waals surface area (Å²) in [5.74, 6) is 0.671. The number of nitrogens with zero attached hydrogens (tertiary/aromatic N) is 1. The van der Waals surface area contributed by atoms with Crippen molar-refractivity contribution in [1.82, 2.24) is 10.2 Å². The van der Waals surface area contributed by atoms with Crippen LogP contribution in [0, 0.1) is 5.92 Å². The zero-order valence-corrected chi connectivity index (χ0v) is 10.7. The minimum atomic E-state index is 0.299. The van der Waals surface area contributed by atoms with Gasteiger partial charge in [-0.05, 0) is 31.8 Å². The highest BCUT2D eigenvalue weighted by molar-refractivity contribution is 4.80. The van der Waals surface area contributed by atoms with Crippen LogP contribution >= 0.6 is 0 Å². The van der Waals surface area contributed by atoms with E-state index >= 15 is 0 Å². The molecule has 0 aromatic heterocycles. The quantitative estimate of drug-likeness (QED) is 0.794. The molecule has 0 saturated carbocycles. The first-order chi connectivity index (χ1) is 7.79. The lowest BCUT2D eigenvalue weighted by atomic mass is 9.98. The molecule has 0 amide bonds. The first kappa shape index (κ1) is 12.3. The Morgan fingerprint density at radius 3 is 2.94 bits per heavy atom. The fraction of sp³-hybridized carbons (Fsp3) is 1.00. The van der Waals surface area contributed by atoms with Crippen molar-refractivity contribution in [3.05, 3.63) is 0 Å². The minimum Gasteiger partial charge on any atom is -0.363 e. The van der Waals surface area contributed by atoms with Gasteiger partial charge in [-0.15, -0.1) is 0 Å². The van der Waals surface area contributed by atoms with Crippen molar-refractivity contribution in [3.8, 4) is 0 Å². The first-order valence-electron chi connectivity index (χ1n) is 6.88. The van der Waals surface area contributed by atoms with Crippen molar-refractivity contribution < 1.29 is 4.74 Å². The van der Waals surface area contributed by atoms with Crippen LogP contribution in [0.1, 0.15) is 39.5 Å². The Morgan fingerprint density at radius 2 is 2.25 bits per heavy atom. The Labute approximate surface area is 99.5 Å². The normalized spacial score (nSPS) is 37.5. The third-order valence-electron chi connectivity index (χ3n) is 3.92. The molecule has 0 radical (unpaired) electrons. The van der Waals surface area contributed by atoms with Crippen LogP contribution in [0.4, 0.5) is 0 Å². The lowest BCUT2D eigenvalue weighted by molar-refractivity contribution is -0.0446. The SMILES string of the molecule is CCN1CCCCC1CC1NCC(C)CO1. The number of hydrogen-bond donors (Lipinski definition) is 1. The summed E-state index contributed by atoms with van der Waals surface area (Å²) in [7, 11) is 0. The molecule has 94 valence electrons. The second kappa shape index (κ2) is 5.99. The molecule has 2 rings (SSSR count). The van der Waals surface area contributed by atoms with Crippen LogP contribution in [0.25, 0.3) is 0 Å². The maximum absolute atomic E-state index is 5.85. The van der Waals surface area contributed by atoms with Gasteiger partial charge >= 0.3 is 0 Å². The molecule has 2 aliphatic rings. The molecular weight excluding hydrogens is 200 g/mol. The molecule has 0 spiro atoms. The van der Waals surface area contributed by atoms with E-state index in [0.717, 1.165) is 19.2 Å². The summed E-state index contributed by atoms with van der Waals surface area (Å²) in [6.45, 7) is 9.02. The average molecular weight is 226 g/mol. The van der Waals surface area contributed by atoms with Crippen molar-refractivity contribution in [2.24, 2.45) is 5.92 Å². The van der Waals surface area contributed by atoms with E-state index in [1.54, 1.807) is 0 Å². The monoisotopic (exact) mass is 226 g/mol. The molecule has 3 nitrogen and oxygen atoms in total. The smallest absolute Gasteiger partial charge is 0.109 e. The predicted octanol–water partition coefficient (Wildman–Crippen LogP) is 1.83. The van der Waals surface area contributed by atoms with Gasteiger partial charge in [0.05, 0.1) is 6.61 Å². The Morgan fingerprint density at radius 1 is 1.38 bits per heavy atom. The van der Waals surface area contributed by atoms with E-state index in [4.69, 9.17) is 4.74 Å². The second-order valence-electron chi connectivity index (χ2n) is 5.35. The predicted molar refractivity (Wildman–Crippen MR) is 66.4 cm³/mol. The number of likely N-dealkylation sites (tertiary alicyclic amines) is 1. The fourth-order valence-electron chi connectivity index (χ4n) is 2.87. The van der Waals surface area contributed by atoms with Crippen molar-refractivity contribution in [2.75, 3.05) is 26.2 Å². The van der Waals surface area contributed by atoms with Gasteiger partial charge in [0.2, 0.25) is 0 Å². The molecule has 3 unspecified atom stereocenters. The Hall–Kier alpha value is -0.120. The highest BCUT2D eigenvalue weighted by Gasteiger charge is 2.26. The summed E-state index contributed by atoms with van der Waals surface area (Å²) in [5, 5.41) is 3.51. The van der Waals surface area contributed by atoms with E-state index in [0.29, 0.717) is 12.1 Å². The second-order valence-corrected chi connectivity index (χ2v) is 5.35. The summed E-state index contributed by atoms with van der Waals surface area (Å²) in [6, 6.07) is 0.740. The number of hydrogen-bond acceptors (Lipinski definition) is 3. The van der Waals surface area contributed by atoms with E-state index in [1.807, 2.05) is 0 Å². The molecule has 2 saturated heterocycles.